The molecule has 108 valence electrons. The van der Waals surface area contributed by atoms with Gasteiger partial charge in [-0.15, -0.1) is 0 Å². The van der Waals surface area contributed by atoms with E-state index in [9.17, 15) is 17.2 Å². The first-order valence-electron chi connectivity index (χ1n) is 6.24. The van der Waals surface area contributed by atoms with Crippen molar-refractivity contribution in [2.75, 3.05) is 11.5 Å². The Morgan fingerprint density at radius 1 is 1.32 bits per heavy atom. The fraction of sp³-hybridized carbons (Fsp3) is 0.538. The summed E-state index contributed by atoms with van der Waals surface area (Å²) in [6.45, 7) is 1.60. The van der Waals surface area contributed by atoms with Crippen LogP contribution in [0.15, 0.2) is 18.2 Å². The van der Waals surface area contributed by atoms with Gasteiger partial charge < -0.3 is 5.73 Å². The smallest absolute Gasteiger partial charge is 0.150 e. The first-order chi connectivity index (χ1) is 8.84. The Hall–Kier alpha value is -1.01. The van der Waals surface area contributed by atoms with Crippen LogP contribution in [0.2, 0.25) is 0 Å². The second-order valence-electron chi connectivity index (χ2n) is 4.58. The summed E-state index contributed by atoms with van der Waals surface area (Å²) in [5, 5.41) is 0. The summed E-state index contributed by atoms with van der Waals surface area (Å²) in [5.74, 6) is -1.02. The van der Waals surface area contributed by atoms with Crippen molar-refractivity contribution >= 4 is 9.84 Å². The molecule has 1 aromatic rings. The Labute approximate surface area is 112 Å². The van der Waals surface area contributed by atoms with Gasteiger partial charge in [-0.3, -0.25) is 0 Å². The van der Waals surface area contributed by atoms with Gasteiger partial charge in [0.05, 0.1) is 5.75 Å². The molecule has 1 rings (SSSR count). The van der Waals surface area contributed by atoms with Crippen LogP contribution < -0.4 is 5.73 Å². The van der Waals surface area contributed by atoms with Gasteiger partial charge in [-0.25, -0.2) is 17.2 Å². The molecule has 0 fully saturated rings. The lowest BCUT2D eigenvalue weighted by Crippen LogP contribution is -2.24. The highest BCUT2D eigenvalue weighted by Crippen LogP contribution is 2.13. The first kappa shape index (κ1) is 16.0. The number of rotatable bonds is 7. The van der Waals surface area contributed by atoms with Gasteiger partial charge in [-0.2, -0.15) is 0 Å². The summed E-state index contributed by atoms with van der Waals surface area (Å²) in [7, 11) is -2.98. The monoisotopic (exact) mass is 291 g/mol. The maximum Gasteiger partial charge on any atom is 0.150 e. The van der Waals surface area contributed by atoms with Crippen molar-refractivity contribution in [1.82, 2.24) is 0 Å². The lowest BCUT2D eigenvalue weighted by molar-refractivity contribution is 0.543. The van der Waals surface area contributed by atoms with Crippen molar-refractivity contribution in [3.8, 4) is 0 Å². The number of nitrogens with two attached hydrogens (primary N) is 1. The van der Waals surface area contributed by atoms with Crippen LogP contribution in [0.1, 0.15) is 25.3 Å². The Balaban J connectivity index is 2.45. The van der Waals surface area contributed by atoms with Crippen LogP contribution in [-0.4, -0.2) is 26.0 Å². The second-order valence-corrected chi connectivity index (χ2v) is 7.05. The van der Waals surface area contributed by atoms with E-state index in [2.05, 4.69) is 0 Å². The van der Waals surface area contributed by atoms with Crippen LogP contribution in [0.25, 0.3) is 0 Å². The third-order valence-electron chi connectivity index (χ3n) is 2.97. The van der Waals surface area contributed by atoms with Crippen molar-refractivity contribution in [3.63, 3.8) is 0 Å². The van der Waals surface area contributed by atoms with Crippen LogP contribution >= 0.6 is 0 Å². The number of sulfone groups is 1. The highest BCUT2D eigenvalue weighted by Gasteiger charge is 2.12. The molecular weight excluding hydrogens is 272 g/mol. The van der Waals surface area contributed by atoms with Gasteiger partial charge in [0.2, 0.25) is 0 Å². The predicted molar refractivity (Wildman–Crippen MR) is 71.6 cm³/mol. The Bertz CT molecular complexity index is 517. The van der Waals surface area contributed by atoms with Gasteiger partial charge in [0.15, 0.2) is 0 Å². The summed E-state index contributed by atoms with van der Waals surface area (Å²) in [4.78, 5) is 0. The zero-order valence-corrected chi connectivity index (χ0v) is 11.7. The highest BCUT2D eigenvalue weighted by molar-refractivity contribution is 7.91. The molecule has 0 saturated heterocycles. The molecule has 0 aliphatic carbocycles. The molecule has 0 aliphatic rings. The van der Waals surface area contributed by atoms with Crippen molar-refractivity contribution in [3.05, 3.63) is 35.4 Å². The maximum absolute atomic E-state index is 13.4. The lowest BCUT2D eigenvalue weighted by atomic mass is 10.0. The third kappa shape index (κ3) is 5.65. The zero-order chi connectivity index (χ0) is 14.5. The molecule has 0 spiro atoms. The average molecular weight is 291 g/mol. The summed E-state index contributed by atoms with van der Waals surface area (Å²) in [6.07, 6.45) is 1.23. The summed E-state index contributed by atoms with van der Waals surface area (Å²) in [6, 6.07) is 3.05. The van der Waals surface area contributed by atoms with E-state index in [1.54, 1.807) is 6.92 Å². The molecule has 2 N–H and O–H groups in total. The lowest BCUT2D eigenvalue weighted by Gasteiger charge is -2.12. The normalized spacial score (nSPS) is 13.5. The number of halogens is 2. The van der Waals surface area contributed by atoms with Gasteiger partial charge in [0, 0.05) is 17.9 Å². The van der Waals surface area contributed by atoms with E-state index < -0.39 is 21.5 Å². The van der Waals surface area contributed by atoms with E-state index in [4.69, 9.17) is 5.73 Å². The van der Waals surface area contributed by atoms with Gasteiger partial charge in [0.1, 0.15) is 21.5 Å². The molecule has 0 saturated carbocycles. The number of hydrogen-bond donors (Lipinski definition) is 1. The molecular formula is C13H19F2NO2S. The maximum atomic E-state index is 13.4. The molecule has 0 radical (unpaired) electrons. The Morgan fingerprint density at radius 2 is 2.00 bits per heavy atom. The topological polar surface area (TPSA) is 60.2 Å². The second kappa shape index (κ2) is 6.96. The molecule has 1 aromatic carbocycles. The molecule has 0 aromatic heterocycles. The fourth-order valence-corrected chi connectivity index (χ4v) is 2.68. The largest absolute Gasteiger partial charge is 0.327 e. The van der Waals surface area contributed by atoms with E-state index in [-0.39, 0.29) is 24.0 Å². The molecule has 0 bridgehead atoms. The average Bonchev–Trinajstić information content (AvgIpc) is 2.32. The minimum atomic E-state index is -2.98. The van der Waals surface area contributed by atoms with E-state index in [0.29, 0.717) is 18.4 Å². The van der Waals surface area contributed by atoms with Crippen molar-refractivity contribution in [1.29, 1.82) is 0 Å². The molecule has 0 heterocycles. The molecule has 6 heteroatoms. The van der Waals surface area contributed by atoms with Crippen LogP contribution in [0.4, 0.5) is 8.78 Å². The quantitative estimate of drug-likeness (QED) is 0.836. The van der Waals surface area contributed by atoms with E-state index in [1.807, 2.05) is 0 Å². The standard InChI is InChI=1S/C13H19F2NO2S/c1-2-19(17,18)7-3-4-12(16)8-10-5-6-11(14)9-13(10)15/h5-6,9,12H,2-4,7-8,16H2,1H3. The van der Waals surface area contributed by atoms with Crippen LogP contribution in [0.3, 0.4) is 0 Å². The molecule has 3 nitrogen and oxygen atoms in total. The third-order valence-corrected chi connectivity index (χ3v) is 4.76. The predicted octanol–water partition coefficient (Wildman–Crippen LogP) is 2.05. The minimum Gasteiger partial charge on any atom is -0.327 e. The van der Waals surface area contributed by atoms with Gasteiger partial charge in [-0.05, 0) is 30.9 Å². The van der Waals surface area contributed by atoms with Crippen LogP contribution in [0.5, 0.6) is 0 Å². The molecule has 0 amide bonds. The first-order valence-corrected chi connectivity index (χ1v) is 8.06. The fourth-order valence-electron chi connectivity index (χ4n) is 1.78. The van der Waals surface area contributed by atoms with Crippen molar-refractivity contribution < 1.29 is 17.2 Å². The SMILES string of the molecule is CCS(=O)(=O)CCCC(N)Cc1ccc(F)cc1F. The van der Waals surface area contributed by atoms with Gasteiger partial charge in [0.25, 0.3) is 0 Å². The minimum absolute atomic E-state index is 0.100. The number of hydrogen-bond acceptors (Lipinski definition) is 3. The van der Waals surface area contributed by atoms with Crippen LogP contribution in [-0.2, 0) is 16.3 Å². The molecule has 19 heavy (non-hydrogen) atoms. The van der Waals surface area contributed by atoms with Crippen molar-refractivity contribution in [2.24, 2.45) is 5.73 Å². The van der Waals surface area contributed by atoms with Gasteiger partial charge >= 0.3 is 0 Å². The zero-order valence-electron chi connectivity index (χ0n) is 10.9. The molecule has 1 unspecified atom stereocenters. The van der Waals surface area contributed by atoms with Crippen molar-refractivity contribution in [2.45, 2.75) is 32.2 Å². The van der Waals surface area contributed by atoms with E-state index >= 15 is 0 Å². The van der Waals surface area contributed by atoms with Gasteiger partial charge in [-0.1, -0.05) is 13.0 Å². The summed E-state index contributed by atoms with van der Waals surface area (Å²) >= 11 is 0. The van der Waals surface area contributed by atoms with E-state index in [0.717, 1.165) is 6.07 Å². The Morgan fingerprint density at radius 3 is 2.58 bits per heavy atom. The molecule has 1 atom stereocenters. The summed E-state index contributed by atoms with van der Waals surface area (Å²) < 4.78 is 48.7. The number of benzene rings is 1. The van der Waals surface area contributed by atoms with Crippen LogP contribution in [0, 0.1) is 11.6 Å². The highest BCUT2D eigenvalue weighted by atomic mass is 32.2. The van der Waals surface area contributed by atoms with E-state index in [1.165, 1.54) is 12.1 Å². The summed E-state index contributed by atoms with van der Waals surface area (Å²) in [5.41, 5.74) is 6.18. The Kier molecular flexibility index (Phi) is 5.87. The molecule has 0 aliphatic heterocycles.